The van der Waals surface area contributed by atoms with E-state index in [0.717, 1.165) is 41.5 Å². The SMILES string of the molecule is Cc1cc(-c2cc(C(=O)NC3CC(N(C)Cc4ccccc4)C3)c3ccccc3n2)cs1. The predicted molar refractivity (Wildman–Crippen MR) is 132 cm³/mol. The van der Waals surface area contributed by atoms with E-state index in [1.807, 2.05) is 36.4 Å². The zero-order chi connectivity index (χ0) is 22.1. The van der Waals surface area contributed by atoms with E-state index < -0.39 is 0 Å². The van der Waals surface area contributed by atoms with Gasteiger partial charge >= 0.3 is 0 Å². The summed E-state index contributed by atoms with van der Waals surface area (Å²) in [4.78, 5) is 21.7. The van der Waals surface area contributed by atoms with Crippen molar-refractivity contribution in [1.82, 2.24) is 15.2 Å². The van der Waals surface area contributed by atoms with E-state index in [-0.39, 0.29) is 11.9 Å². The van der Waals surface area contributed by atoms with Gasteiger partial charge in [0.2, 0.25) is 0 Å². The summed E-state index contributed by atoms with van der Waals surface area (Å²) in [5.74, 6) is -0.00837. The second-order valence-electron chi connectivity index (χ2n) is 8.71. The molecule has 0 saturated heterocycles. The highest BCUT2D eigenvalue weighted by Crippen LogP contribution is 2.30. The normalized spacial score (nSPS) is 18.0. The number of para-hydroxylation sites is 1. The Balaban J connectivity index is 1.29. The van der Waals surface area contributed by atoms with Crippen LogP contribution in [0.15, 0.2) is 72.1 Å². The van der Waals surface area contributed by atoms with Gasteiger partial charge in [-0.25, -0.2) is 4.98 Å². The van der Waals surface area contributed by atoms with Gasteiger partial charge in [-0.2, -0.15) is 0 Å². The van der Waals surface area contributed by atoms with Crippen LogP contribution >= 0.6 is 11.3 Å². The molecule has 1 saturated carbocycles. The fourth-order valence-electron chi connectivity index (χ4n) is 4.42. The van der Waals surface area contributed by atoms with Crippen LogP contribution in [0.1, 0.15) is 33.6 Å². The minimum Gasteiger partial charge on any atom is -0.349 e. The monoisotopic (exact) mass is 441 g/mol. The third-order valence-electron chi connectivity index (χ3n) is 6.33. The number of nitrogens with zero attached hydrogens (tertiary/aromatic N) is 2. The van der Waals surface area contributed by atoms with Crippen LogP contribution in [-0.4, -0.2) is 34.9 Å². The van der Waals surface area contributed by atoms with Crippen LogP contribution in [0.4, 0.5) is 0 Å². The highest BCUT2D eigenvalue weighted by Gasteiger charge is 2.33. The molecule has 2 aromatic heterocycles. The first-order valence-electron chi connectivity index (χ1n) is 11.1. The van der Waals surface area contributed by atoms with Gasteiger partial charge in [-0.1, -0.05) is 48.5 Å². The fraction of sp³-hybridized carbons (Fsp3) is 0.259. The molecule has 5 rings (SSSR count). The third-order valence-corrected chi connectivity index (χ3v) is 7.20. The number of pyridine rings is 1. The molecule has 32 heavy (non-hydrogen) atoms. The number of hydrogen-bond acceptors (Lipinski definition) is 4. The maximum absolute atomic E-state index is 13.3. The summed E-state index contributed by atoms with van der Waals surface area (Å²) in [5.41, 5.74) is 4.80. The van der Waals surface area contributed by atoms with Crippen LogP contribution in [0.2, 0.25) is 0 Å². The molecule has 0 spiro atoms. The lowest BCUT2D eigenvalue weighted by atomic mass is 9.85. The lowest BCUT2D eigenvalue weighted by Gasteiger charge is -2.41. The van der Waals surface area contributed by atoms with Crippen molar-refractivity contribution in [3.05, 3.63) is 88.1 Å². The number of nitrogens with one attached hydrogen (secondary N) is 1. The molecule has 4 aromatic rings. The highest BCUT2D eigenvalue weighted by atomic mass is 32.1. The number of hydrogen-bond donors (Lipinski definition) is 1. The van der Waals surface area contributed by atoms with Gasteiger partial charge in [0.25, 0.3) is 5.91 Å². The Bertz CT molecular complexity index is 1240. The van der Waals surface area contributed by atoms with Crippen molar-refractivity contribution in [3.8, 4) is 11.3 Å². The van der Waals surface area contributed by atoms with Crippen molar-refractivity contribution in [1.29, 1.82) is 0 Å². The van der Waals surface area contributed by atoms with E-state index >= 15 is 0 Å². The molecular weight excluding hydrogens is 414 g/mol. The number of amides is 1. The van der Waals surface area contributed by atoms with Crippen LogP contribution in [0.3, 0.4) is 0 Å². The van der Waals surface area contributed by atoms with Crippen LogP contribution < -0.4 is 5.32 Å². The molecule has 162 valence electrons. The quantitative estimate of drug-likeness (QED) is 0.420. The Kier molecular flexibility index (Phi) is 5.77. The molecule has 1 aliphatic carbocycles. The largest absolute Gasteiger partial charge is 0.349 e. The molecule has 0 unspecified atom stereocenters. The smallest absolute Gasteiger partial charge is 0.252 e. The lowest BCUT2D eigenvalue weighted by Crippen LogP contribution is -2.52. The average molecular weight is 442 g/mol. The van der Waals surface area contributed by atoms with E-state index in [4.69, 9.17) is 4.98 Å². The highest BCUT2D eigenvalue weighted by molar-refractivity contribution is 7.10. The van der Waals surface area contributed by atoms with Gasteiger partial charge in [0.1, 0.15) is 0 Å². The fourth-order valence-corrected chi connectivity index (χ4v) is 5.11. The summed E-state index contributed by atoms with van der Waals surface area (Å²) in [7, 11) is 2.17. The molecule has 1 fully saturated rings. The number of fused-ring (bicyclic) bond motifs is 1. The van der Waals surface area contributed by atoms with E-state index in [2.05, 4.69) is 59.9 Å². The Morgan fingerprint density at radius 1 is 1.09 bits per heavy atom. The van der Waals surface area contributed by atoms with Gasteiger partial charge in [-0.3, -0.25) is 9.69 Å². The Hall–Kier alpha value is -3.02. The Morgan fingerprint density at radius 2 is 1.84 bits per heavy atom. The Morgan fingerprint density at radius 3 is 2.59 bits per heavy atom. The average Bonchev–Trinajstić information content (AvgIpc) is 3.22. The van der Waals surface area contributed by atoms with Gasteiger partial charge in [0.15, 0.2) is 0 Å². The van der Waals surface area contributed by atoms with Crippen LogP contribution in [0, 0.1) is 6.92 Å². The summed E-state index contributed by atoms with van der Waals surface area (Å²) in [6.07, 6.45) is 1.96. The minimum atomic E-state index is -0.00837. The van der Waals surface area contributed by atoms with E-state index in [1.165, 1.54) is 10.4 Å². The van der Waals surface area contributed by atoms with Crippen LogP contribution in [-0.2, 0) is 6.54 Å². The maximum Gasteiger partial charge on any atom is 0.252 e. The summed E-state index contributed by atoms with van der Waals surface area (Å²) in [5, 5.41) is 6.27. The first kappa shape index (κ1) is 20.9. The van der Waals surface area contributed by atoms with E-state index in [1.54, 1.807) is 11.3 Å². The summed E-state index contributed by atoms with van der Waals surface area (Å²) in [6, 6.07) is 23.2. The molecule has 0 atom stereocenters. The predicted octanol–water partition coefficient (Wildman–Crippen LogP) is 5.66. The van der Waals surface area contributed by atoms with Gasteiger partial charge in [-0.05, 0) is 50.6 Å². The summed E-state index contributed by atoms with van der Waals surface area (Å²) < 4.78 is 0. The van der Waals surface area contributed by atoms with Gasteiger partial charge < -0.3 is 5.32 Å². The lowest BCUT2D eigenvalue weighted by molar-refractivity contribution is 0.0811. The molecule has 1 N–H and O–H groups in total. The molecule has 0 aliphatic heterocycles. The number of rotatable bonds is 6. The van der Waals surface area contributed by atoms with Crippen molar-refractivity contribution in [2.75, 3.05) is 7.05 Å². The first-order chi connectivity index (χ1) is 15.6. The topological polar surface area (TPSA) is 45.2 Å². The molecule has 1 amide bonds. The number of benzene rings is 2. The molecular formula is C27H27N3OS. The van der Waals surface area contributed by atoms with Crippen molar-refractivity contribution >= 4 is 28.1 Å². The van der Waals surface area contributed by atoms with Crippen molar-refractivity contribution < 1.29 is 4.79 Å². The first-order valence-corrected chi connectivity index (χ1v) is 11.9. The number of thiophene rings is 1. The van der Waals surface area contributed by atoms with Gasteiger partial charge in [0.05, 0.1) is 16.8 Å². The number of carbonyl (C=O) groups is 1. The Labute approximate surface area is 192 Å². The van der Waals surface area contributed by atoms with Crippen molar-refractivity contribution in [2.45, 2.75) is 38.4 Å². The van der Waals surface area contributed by atoms with Crippen LogP contribution in [0.5, 0.6) is 0 Å². The van der Waals surface area contributed by atoms with Crippen LogP contribution in [0.25, 0.3) is 22.2 Å². The molecule has 4 nitrogen and oxygen atoms in total. The zero-order valence-electron chi connectivity index (χ0n) is 18.4. The second kappa shape index (κ2) is 8.85. The van der Waals surface area contributed by atoms with E-state index in [9.17, 15) is 4.79 Å². The number of aromatic nitrogens is 1. The van der Waals surface area contributed by atoms with Crippen molar-refractivity contribution in [3.63, 3.8) is 0 Å². The second-order valence-corrected chi connectivity index (χ2v) is 9.83. The van der Waals surface area contributed by atoms with Crippen molar-refractivity contribution in [2.24, 2.45) is 0 Å². The molecule has 0 radical (unpaired) electrons. The number of aryl methyl sites for hydroxylation is 1. The molecule has 2 aromatic carbocycles. The summed E-state index contributed by atoms with van der Waals surface area (Å²) in [6.45, 7) is 3.02. The third kappa shape index (κ3) is 4.31. The van der Waals surface area contributed by atoms with Gasteiger partial charge in [0, 0.05) is 39.8 Å². The number of carbonyl (C=O) groups excluding carboxylic acids is 1. The molecule has 0 bridgehead atoms. The zero-order valence-corrected chi connectivity index (χ0v) is 19.2. The molecule has 2 heterocycles. The maximum atomic E-state index is 13.3. The van der Waals surface area contributed by atoms with E-state index in [0.29, 0.717) is 11.6 Å². The standard InChI is InChI=1S/C27H27N3OS/c1-18-12-20(17-32-18)26-15-24(23-10-6-7-11-25(23)29-26)27(31)28-21-13-22(14-21)30(2)16-19-8-4-3-5-9-19/h3-12,15,17,21-22H,13-14,16H2,1-2H3,(H,28,31). The molecule has 5 heteroatoms. The summed E-state index contributed by atoms with van der Waals surface area (Å²) >= 11 is 1.70. The minimum absolute atomic E-state index is 0.00837. The molecule has 1 aliphatic rings. The van der Waals surface area contributed by atoms with Gasteiger partial charge in [-0.15, -0.1) is 11.3 Å².